The van der Waals surface area contributed by atoms with E-state index in [4.69, 9.17) is 0 Å². The average molecular weight is 275 g/mol. The Morgan fingerprint density at radius 2 is 2.16 bits per heavy atom. The van der Waals surface area contributed by atoms with E-state index < -0.39 is 0 Å². The highest BCUT2D eigenvalue weighted by atomic mass is 32.2. The molecule has 0 aromatic heterocycles. The van der Waals surface area contributed by atoms with Crippen molar-refractivity contribution >= 4 is 17.4 Å². The Morgan fingerprint density at radius 1 is 1.37 bits per heavy atom. The third kappa shape index (κ3) is 3.89. The van der Waals surface area contributed by atoms with Crippen LogP contribution in [0.1, 0.15) is 24.5 Å². The predicted molar refractivity (Wildman–Crippen MR) is 82.7 cm³/mol. The minimum Gasteiger partial charge on any atom is -0.369 e. The standard InChI is InChI=1S/C15H21N3S/c1-2-5-17-12-13-3-4-15(14(10-13)11-16)18-6-8-19-9-7-18/h3-4,10,17H,2,5-9,12H2,1H3. The monoisotopic (exact) mass is 275 g/mol. The smallest absolute Gasteiger partial charge is 0.101 e. The van der Waals surface area contributed by atoms with E-state index in [9.17, 15) is 5.26 Å². The van der Waals surface area contributed by atoms with Gasteiger partial charge in [-0.15, -0.1) is 0 Å². The summed E-state index contributed by atoms with van der Waals surface area (Å²) in [4.78, 5) is 2.33. The second-order valence-corrected chi connectivity index (χ2v) is 5.96. The van der Waals surface area contributed by atoms with E-state index >= 15 is 0 Å². The molecule has 0 unspecified atom stereocenters. The molecule has 3 nitrogen and oxygen atoms in total. The Kier molecular flexibility index (Phi) is 5.56. The number of hydrogen-bond acceptors (Lipinski definition) is 4. The summed E-state index contributed by atoms with van der Waals surface area (Å²) in [6.07, 6.45) is 1.13. The highest BCUT2D eigenvalue weighted by Crippen LogP contribution is 2.24. The van der Waals surface area contributed by atoms with Gasteiger partial charge in [0.2, 0.25) is 0 Å². The number of rotatable bonds is 5. The summed E-state index contributed by atoms with van der Waals surface area (Å²) in [5.74, 6) is 2.31. The van der Waals surface area contributed by atoms with Crippen molar-refractivity contribution in [1.29, 1.82) is 5.26 Å². The normalized spacial score (nSPS) is 15.3. The molecule has 1 N–H and O–H groups in total. The fraction of sp³-hybridized carbons (Fsp3) is 0.533. The average Bonchev–Trinajstić information content (AvgIpc) is 2.48. The molecule has 1 aromatic rings. The zero-order chi connectivity index (χ0) is 13.5. The van der Waals surface area contributed by atoms with Crippen molar-refractivity contribution < 1.29 is 0 Å². The highest BCUT2D eigenvalue weighted by Gasteiger charge is 2.14. The van der Waals surface area contributed by atoms with E-state index in [1.54, 1.807) is 0 Å². The van der Waals surface area contributed by atoms with Crippen molar-refractivity contribution in [3.05, 3.63) is 29.3 Å². The third-order valence-corrected chi connectivity index (χ3v) is 4.23. The fourth-order valence-corrected chi connectivity index (χ4v) is 3.18. The van der Waals surface area contributed by atoms with Crippen molar-refractivity contribution in [2.45, 2.75) is 19.9 Å². The molecular weight excluding hydrogens is 254 g/mol. The van der Waals surface area contributed by atoms with Crippen LogP contribution in [0.25, 0.3) is 0 Å². The van der Waals surface area contributed by atoms with Gasteiger partial charge < -0.3 is 10.2 Å². The maximum atomic E-state index is 9.34. The molecule has 0 aliphatic carbocycles. The van der Waals surface area contributed by atoms with E-state index in [2.05, 4.69) is 35.3 Å². The van der Waals surface area contributed by atoms with Gasteiger partial charge >= 0.3 is 0 Å². The molecule has 2 rings (SSSR count). The minimum atomic E-state index is 0.808. The van der Waals surface area contributed by atoms with Gasteiger partial charge in [-0.1, -0.05) is 13.0 Å². The SMILES string of the molecule is CCCNCc1ccc(N2CCSCC2)c(C#N)c1. The van der Waals surface area contributed by atoms with E-state index in [0.717, 1.165) is 55.4 Å². The zero-order valence-corrected chi connectivity index (χ0v) is 12.3. The molecule has 0 saturated carbocycles. The van der Waals surface area contributed by atoms with E-state index in [1.807, 2.05) is 17.8 Å². The first-order valence-electron chi connectivity index (χ1n) is 6.91. The second-order valence-electron chi connectivity index (χ2n) is 4.74. The van der Waals surface area contributed by atoms with Crippen LogP contribution in [-0.4, -0.2) is 31.1 Å². The number of nitriles is 1. The van der Waals surface area contributed by atoms with Crippen LogP contribution in [-0.2, 0) is 6.54 Å². The lowest BCUT2D eigenvalue weighted by Crippen LogP contribution is -2.33. The first-order chi connectivity index (χ1) is 9.35. The number of hydrogen-bond donors (Lipinski definition) is 1. The van der Waals surface area contributed by atoms with Gasteiger partial charge in [0, 0.05) is 31.1 Å². The van der Waals surface area contributed by atoms with Crippen LogP contribution in [0.3, 0.4) is 0 Å². The molecule has 0 radical (unpaired) electrons. The lowest BCUT2D eigenvalue weighted by atomic mass is 10.1. The molecule has 19 heavy (non-hydrogen) atoms. The summed E-state index contributed by atoms with van der Waals surface area (Å²) in [5, 5.41) is 12.7. The van der Waals surface area contributed by atoms with Crippen molar-refractivity contribution in [3.63, 3.8) is 0 Å². The van der Waals surface area contributed by atoms with Crippen molar-refractivity contribution in [3.8, 4) is 6.07 Å². The molecule has 1 aliphatic rings. The molecule has 0 bridgehead atoms. The first-order valence-corrected chi connectivity index (χ1v) is 8.07. The van der Waals surface area contributed by atoms with Crippen molar-refractivity contribution in [2.24, 2.45) is 0 Å². The van der Waals surface area contributed by atoms with Crippen molar-refractivity contribution in [2.75, 3.05) is 36.0 Å². The van der Waals surface area contributed by atoms with E-state index in [-0.39, 0.29) is 0 Å². The summed E-state index contributed by atoms with van der Waals surface area (Å²) in [7, 11) is 0. The molecule has 4 heteroatoms. The molecular formula is C15H21N3S. The summed E-state index contributed by atoms with van der Waals surface area (Å²) < 4.78 is 0. The number of thioether (sulfide) groups is 1. The molecule has 102 valence electrons. The minimum absolute atomic E-state index is 0.808. The molecule has 0 spiro atoms. The van der Waals surface area contributed by atoms with Gasteiger partial charge in [0.25, 0.3) is 0 Å². The molecule has 0 atom stereocenters. The van der Waals surface area contributed by atoms with Gasteiger partial charge in [0.05, 0.1) is 11.3 Å². The molecule has 1 aliphatic heterocycles. The van der Waals surface area contributed by atoms with Crippen LogP contribution in [0.2, 0.25) is 0 Å². The molecule has 1 fully saturated rings. The van der Waals surface area contributed by atoms with Crippen molar-refractivity contribution in [1.82, 2.24) is 5.32 Å². The lowest BCUT2D eigenvalue weighted by Gasteiger charge is -2.29. The second kappa shape index (κ2) is 7.42. The fourth-order valence-electron chi connectivity index (χ4n) is 2.27. The number of nitrogens with zero attached hydrogens (tertiary/aromatic N) is 2. The van der Waals surface area contributed by atoms with Crippen LogP contribution in [0.4, 0.5) is 5.69 Å². The van der Waals surface area contributed by atoms with Gasteiger partial charge in [0.15, 0.2) is 0 Å². The molecule has 1 heterocycles. The van der Waals surface area contributed by atoms with Crippen LogP contribution in [0.5, 0.6) is 0 Å². The Balaban J connectivity index is 2.09. The van der Waals surface area contributed by atoms with E-state index in [1.165, 1.54) is 5.56 Å². The lowest BCUT2D eigenvalue weighted by molar-refractivity contribution is 0.675. The maximum Gasteiger partial charge on any atom is 0.101 e. The Morgan fingerprint density at radius 3 is 2.84 bits per heavy atom. The van der Waals surface area contributed by atoms with Crippen LogP contribution in [0, 0.1) is 11.3 Å². The van der Waals surface area contributed by atoms with Gasteiger partial charge in [0.1, 0.15) is 6.07 Å². The summed E-state index contributed by atoms with van der Waals surface area (Å²) in [6, 6.07) is 8.62. The van der Waals surface area contributed by atoms with Crippen LogP contribution >= 0.6 is 11.8 Å². The number of benzene rings is 1. The summed E-state index contributed by atoms with van der Waals surface area (Å²) in [5.41, 5.74) is 3.10. The first kappa shape index (κ1) is 14.2. The van der Waals surface area contributed by atoms with Gasteiger partial charge in [-0.2, -0.15) is 17.0 Å². The molecule has 1 saturated heterocycles. The largest absolute Gasteiger partial charge is 0.369 e. The predicted octanol–water partition coefficient (Wildman–Crippen LogP) is 2.61. The quantitative estimate of drug-likeness (QED) is 0.839. The summed E-state index contributed by atoms with van der Waals surface area (Å²) >= 11 is 1.99. The molecule has 0 amide bonds. The Hall–Kier alpha value is -1.18. The topological polar surface area (TPSA) is 39.1 Å². The Labute approximate surface area is 120 Å². The molecule has 1 aromatic carbocycles. The van der Waals surface area contributed by atoms with Crippen LogP contribution in [0.15, 0.2) is 18.2 Å². The van der Waals surface area contributed by atoms with E-state index in [0.29, 0.717) is 0 Å². The zero-order valence-electron chi connectivity index (χ0n) is 11.5. The van der Waals surface area contributed by atoms with Gasteiger partial charge in [-0.05, 0) is 30.7 Å². The Bertz CT molecular complexity index is 447. The number of anilines is 1. The maximum absolute atomic E-state index is 9.34. The summed E-state index contributed by atoms with van der Waals surface area (Å²) in [6.45, 7) is 6.12. The van der Waals surface area contributed by atoms with Gasteiger partial charge in [-0.3, -0.25) is 0 Å². The van der Waals surface area contributed by atoms with Gasteiger partial charge in [-0.25, -0.2) is 0 Å². The number of nitrogens with one attached hydrogen (secondary N) is 1. The van der Waals surface area contributed by atoms with Crippen LogP contribution < -0.4 is 10.2 Å². The highest BCUT2D eigenvalue weighted by molar-refractivity contribution is 7.99. The third-order valence-electron chi connectivity index (χ3n) is 3.29.